The average Bonchev–Trinajstić information content (AvgIpc) is 2.90. The Balaban J connectivity index is 2.31. The van der Waals surface area contributed by atoms with Crippen LogP contribution >= 0.6 is 0 Å². The normalized spacial score (nSPS) is 12.8. The van der Waals surface area contributed by atoms with Crippen molar-refractivity contribution in [3.8, 4) is 0 Å². The molecule has 0 aliphatic heterocycles. The van der Waals surface area contributed by atoms with Gasteiger partial charge in [0, 0.05) is 19.4 Å². The standard InChI is InChI=1S/C12H12F3N3O2S/c1-18(8-11-16-5-6-17-11)21(19,20)10-4-2-3-9(7-10)12(13,14)15/h2-7H,8H2,1H3,(H,16,17). The molecule has 0 aliphatic rings. The summed E-state index contributed by atoms with van der Waals surface area (Å²) in [5.41, 5.74) is -1.00. The van der Waals surface area contributed by atoms with Crippen LogP contribution in [-0.4, -0.2) is 29.7 Å². The van der Waals surface area contributed by atoms with Crippen LogP contribution in [0.2, 0.25) is 0 Å². The quantitative estimate of drug-likeness (QED) is 0.940. The van der Waals surface area contributed by atoms with Gasteiger partial charge >= 0.3 is 6.18 Å². The number of sulfonamides is 1. The van der Waals surface area contributed by atoms with Crippen LogP contribution in [0.25, 0.3) is 0 Å². The van der Waals surface area contributed by atoms with Crippen molar-refractivity contribution in [2.45, 2.75) is 17.6 Å². The zero-order valence-corrected chi connectivity index (χ0v) is 11.7. The molecule has 0 atom stereocenters. The Kier molecular flexibility index (Phi) is 4.06. The summed E-state index contributed by atoms with van der Waals surface area (Å²) in [6.07, 6.45) is -1.61. The number of H-pyrrole nitrogens is 1. The predicted octanol–water partition coefficient (Wildman–Crippen LogP) is 2.25. The van der Waals surface area contributed by atoms with E-state index < -0.39 is 26.7 Å². The number of rotatable bonds is 4. The average molecular weight is 319 g/mol. The Bertz CT molecular complexity index is 712. The smallest absolute Gasteiger partial charge is 0.347 e. The minimum absolute atomic E-state index is 0.0639. The second-order valence-electron chi connectivity index (χ2n) is 4.32. The molecule has 1 N–H and O–H groups in total. The lowest BCUT2D eigenvalue weighted by Gasteiger charge is -2.17. The van der Waals surface area contributed by atoms with Crippen LogP contribution in [0.4, 0.5) is 13.2 Å². The molecule has 0 amide bonds. The first-order valence-electron chi connectivity index (χ1n) is 5.83. The fourth-order valence-electron chi connectivity index (χ4n) is 1.69. The van der Waals surface area contributed by atoms with Crippen LogP contribution in [-0.2, 0) is 22.7 Å². The molecular weight excluding hydrogens is 307 g/mol. The third-order valence-corrected chi connectivity index (χ3v) is 4.60. The first-order chi connectivity index (χ1) is 9.71. The van der Waals surface area contributed by atoms with Crippen molar-refractivity contribution < 1.29 is 21.6 Å². The maximum atomic E-state index is 12.6. The molecule has 2 rings (SSSR count). The summed E-state index contributed by atoms with van der Waals surface area (Å²) in [4.78, 5) is 6.20. The Hall–Kier alpha value is -1.87. The minimum atomic E-state index is -4.59. The van der Waals surface area contributed by atoms with Gasteiger partial charge in [0.05, 0.1) is 17.0 Å². The van der Waals surface area contributed by atoms with E-state index in [1.165, 1.54) is 19.4 Å². The SMILES string of the molecule is CN(Cc1ncc[nH]1)S(=O)(=O)c1cccc(C(F)(F)F)c1. The molecule has 0 bridgehead atoms. The number of hydrogen-bond donors (Lipinski definition) is 1. The fraction of sp³-hybridized carbons (Fsp3) is 0.250. The van der Waals surface area contributed by atoms with E-state index in [1.54, 1.807) is 0 Å². The number of aromatic nitrogens is 2. The van der Waals surface area contributed by atoms with E-state index in [0.29, 0.717) is 11.9 Å². The fourth-order valence-corrected chi connectivity index (χ4v) is 2.87. The summed E-state index contributed by atoms with van der Waals surface area (Å²) in [5, 5.41) is 0. The maximum Gasteiger partial charge on any atom is 0.416 e. The van der Waals surface area contributed by atoms with Crippen LogP contribution < -0.4 is 0 Å². The molecule has 21 heavy (non-hydrogen) atoms. The van der Waals surface area contributed by atoms with Gasteiger partial charge in [0.2, 0.25) is 10.0 Å². The highest BCUT2D eigenvalue weighted by atomic mass is 32.2. The van der Waals surface area contributed by atoms with E-state index >= 15 is 0 Å². The molecule has 1 heterocycles. The van der Waals surface area contributed by atoms with Crippen molar-refractivity contribution in [2.24, 2.45) is 0 Å². The largest absolute Gasteiger partial charge is 0.416 e. The van der Waals surface area contributed by atoms with Gasteiger partial charge < -0.3 is 4.98 Å². The van der Waals surface area contributed by atoms with Crippen LogP contribution in [0.5, 0.6) is 0 Å². The highest BCUT2D eigenvalue weighted by molar-refractivity contribution is 7.89. The highest BCUT2D eigenvalue weighted by Gasteiger charge is 2.32. The molecule has 9 heteroatoms. The van der Waals surface area contributed by atoms with Crippen LogP contribution in [0, 0.1) is 0 Å². The number of alkyl halides is 3. The van der Waals surface area contributed by atoms with Crippen molar-refractivity contribution in [1.29, 1.82) is 0 Å². The molecule has 1 aromatic carbocycles. The Morgan fingerprint density at radius 1 is 1.33 bits per heavy atom. The predicted molar refractivity (Wildman–Crippen MR) is 68.7 cm³/mol. The van der Waals surface area contributed by atoms with Crippen molar-refractivity contribution in [1.82, 2.24) is 14.3 Å². The molecule has 2 aromatic rings. The summed E-state index contributed by atoms with van der Waals surface area (Å²) in [7, 11) is -2.75. The van der Waals surface area contributed by atoms with E-state index in [-0.39, 0.29) is 6.54 Å². The van der Waals surface area contributed by atoms with Gasteiger partial charge in [0.25, 0.3) is 0 Å². The maximum absolute atomic E-state index is 12.6. The van der Waals surface area contributed by atoms with Gasteiger partial charge in [0.1, 0.15) is 5.82 Å². The number of nitrogens with zero attached hydrogens (tertiary/aromatic N) is 2. The van der Waals surface area contributed by atoms with Crippen LogP contribution in [0.1, 0.15) is 11.4 Å². The third kappa shape index (κ3) is 3.42. The van der Waals surface area contributed by atoms with Gasteiger partial charge in [-0.1, -0.05) is 6.07 Å². The van der Waals surface area contributed by atoms with Crippen molar-refractivity contribution in [3.05, 3.63) is 48.0 Å². The summed E-state index contributed by atoms with van der Waals surface area (Å²) in [6.45, 7) is -0.0639. The number of imidazole rings is 1. The lowest BCUT2D eigenvalue weighted by atomic mass is 10.2. The molecular formula is C12H12F3N3O2S. The highest BCUT2D eigenvalue weighted by Crippen LogP contribution is 2.31. The number of nitrogens with one attached hydrogen (secondary N) is 1. The van der Waals surface area contributed by atoms with Gasteiger partial charge in [0.15, 0.2) is 0 Å². The van der Waals surface area contributed by atoms with Gasteiger partial charge in [-0.05, 0) is 18.2 Å². The van der Waals surface area contributed by atoms with Gasteiger partial charge in [-0.15, -0.1) is 0 Å². The van der Waals surface area contributed by atoms with Crippen LogP contribution in [0.15, 0.2) is 41.6 Å². The molecule has 1 aromatic heterocycles. The van der Waals surface area contributed by atoms with Crippen LogP contribution in [0.3, 0.4) is 0 Å². The topological polar surface area (TPSA) is 66.1 Å². The summed E-state index contributed by atoms with van der Waals surface area (Å²) in [6, 6.07) is 3.64. The first-order valence-corrected chi connectivity index (χ1v) is 7.27. The van der Waals surface area contributed by atoms with E-state index in [0.717, 1.165) is 22.5 Å². The number of hydrogen-bond acceptors (Lipinski definition) is 3. The second-order valence-corrected chi connectivity index (χ2v) is 6.37. The Morgan fingerprint density at radius 2 is 2.05 bits per heavy atom. The van der Waals surface area contributed by atoms with Crippen molar-refractivity contribution >= 4 is 10.0 Å². The molecule has 114 valence electrons. The summed E-state index contributed by atoms with van der Waals surface area (Å²) < 4.78 is 63.4. The van der Waals surface area contributed by atoms with Crippen molar-refractivity contribution in [3.63, 3.8) is 0 Å². The molecule has 0 spiro atoms. The zero-order valence-electron chi connectivity index (χ0n) is 10.9. The third-order valence-electron chi connectivity index (χ3n) is 2.80. The Morgan fingerprint density at radius 3 is 2.62 bits per heavy atom. The zero-order chi connectivity index (χ0) is 15.7. The molecule has 0 aliphatic carbocycles. The molecule has 0 unspecified atom stereocenters. The lowest BCUT2D eigenvalue weighted by molar-refractivity contribution is -0.137. The molecule has 5 nitrogen and oxygen atoms in total. The minimum Gasteiger partial charge on any atom is -0.347 e. The van der Waals surface area contributed by atoms with Crippen molar-refractivity contribution in [2.75, 3.05) is 7.05 Å². The molecule has 0 radical (unpaired) electrons. The van der Waals surface area contributed by atoms with E-state index in [2.05, 4.69) is 9.97 Å². The summed E-state index contributed by atoms with van der Waals surface area (Å²) in [5.74, 6) is 0.396. The molecule has 0 saturated carbocycles. The second kappa shape index (κ2) is 5.49. The van der Waals surface area contributed by atoms with Gasteiger partial charge in [-0.2, -0.15) is 17.5 Å². The summed E-state index contributed by atoms with van der Waals surface area (Å²) >= 11 is 0. The van der Waals surface area contributed by atoms with E-state index in [9.17, 15) is 21.6 Å². The lowest BCUT2D eigenvalue weighted by Crippen LogP contribution is -2.27. The monoisotopic (exact) mass is 319 g/mol. The van der Waals surface area contributed by atoms with E-state index in [4.69, 9.17) is 0 Å². The van der Waals surface area contributed by atoms with Gasteiger partial charge in [-0.3, -0.25) is 0 Å². The molecule has 0 saturated heterocycles. The number of aromatic amines is 1. The number of halogens is 3. The number of benzene rings is 1. The molecule has 0 fully saturated rings. The van der Waals surface area contributed by atoms with Gasteiger partial charge in [-0.25, -0.2) is 13.4 Å². The first kappa shape index (κ1) is 15.5. The van der Waals surface area contributed by atoms with E-state index in [1.807, 2.05) is 0 Å². The Labute approximate surface area is 119 Å².